The maximum atomic E-state index is 14.0. The first-order chi connectivity index (χ1) is 13.0. The molecule has 0 bridgehead atoms. The molecule has 2 aromatic rings. The second-order valence-electron chi connectivity index (χ2n) is 6.55. The molecule has 1 amide bonds. The van der Waals surface area contributed by atoms with Crippen LogP contribution in [0.3, 0.4) is 0 Å². The van der Waals surface area contributed by atoms with Gasteiger partial charge in [-0.2, -0.15) is 5.10 Å². The molecule has 1 aromatic heterocycles. The highest BCUT2D eigenvalue weighted by molar-refractivity contribution is 6.31. The van der Waals surface area contributed by atoms with Crippen molar-refractivity contribution in [2.45, 2.75) is 26.4 Å². The number of carbonyl (C=O) groups excluding carboxylic acids is 1. The van der Waals surface area contributed by atoms with E-state index in [1.807, 2.05) is 6.92 Å². The molecule has 0 atom stereocenters. The van der Waals surface area contributed by atoms with Crippen LogP contribution in [0.5, 0.6) is 0 Å². The summed E-state index contributed by atoms with van der Waals surface area (Å²) in [4.78, 5) is 28.2. The summed E-state index contributed by atoms with van der Waals surface area (Å²) in [5.74, 6) is -0.508. The lowest BCUT2D eigenvalue weighted by atomic mass is 10.1. The van der Waals surface area contributed by atoms with Crippen molar-refractivity contribution in [1.82, 2.24) is 19.6 Å². The lowest BCUT2D eigenvalue weighted by Gasteiger charge is -2.34. The van der Waals surface area contributed by atoms with Gasteiger partial charge >= 0.3 is 0 Å². The lowest BCUT2D eigenvalue weighted by molar-refractivity contribution is 0.0618. The molecule has 27 heavy (non-hydrogen) atoms. The second-order valence-corrected chi connectivity index (χ2v) is 6.96. The molecule has 1 fully saturated rings. The van der Waals surface area contributed by atoms with E-state index in [2.05, 4.69) is 10.00 Å². The fraction of sp³-hybridized carbons (Fsp3) is 0.421. The third kappa shape index (κ3) is 4.54. The number of benzene rings is 1. The number of hydrogen-bond donors (Lipinski definition) is 0. The van der Waals surface area contributed by atoms with Gasteiger partial charge in [-0.25, -0.2) is 9.07 Å². The Morgan fingerprint density at radius 1 is 1.19 bits per heavy atom. The Morgan fingerprint density at radius 2 is 1.93 bits per heavy atom. The minimum atomic E-state index is -0.316. The van der Waals surface area contributed by atoms with E-state index in [9.17, 15) is 14.0 Å². The molecule has 0 aliphatic carbocycles. The third-order valence-corrected chi connectivity index (χ3v) is 4.98. The average Bonchev–Trinajstić information content (AvgIpc) is 2.67. The third-order valence-electron chi connectivity index (χ3n) is 4.62. The van der Waals surface area contributed by atoms with Gasteiger partial charge in [0.2, 0.25) is 0 Å². The molecular weight excluding hydrogens is 371 g/mol. The standard InChI is InChI=1S/C19H22ClFN4O2/c1-2-8-25-18(26)7-6-17(22-25)19(27)24-11-9-23(10-12-24)13-14-15(20)4-3-5-16(14)21/h3-7H,2,8-13H2,1H3. The summed E-state index contributed by atoms with van der Waals surface area (Å²) in [6.45, 7) is 5.10. The summed E-state index contributed by atoms with van der Waals surface area (Å²) in [6, 6.07) is 7.52. The monoisotopic (exact) mass is 392 g/mol. The van der Waals surface area contributed by atoms with E-state index >= 15 is 0 Å². The molecule has 0 spiro atoms. The molecule has 1 aliphatic rings. The van der Waals surface area contributed by atoms with Crippen molar-refractivity contribution in [2.24, 2.45) is 0 Å². The van der Waals surface area contributed by atoms with Gasteiger partial charge in [-0.3, -0.25) is 14.5 Å². The van der Waals surface area contributed by atoms with Crippen LogP contribution in [0.2, 0.25) is 5.02 Å². The number of aromatic nitrogens is 2. The number of halogens is 2. The topological polar surface area (TPSA) is 58.4 Å². The first-order valence-corrected chi connectivity index (χ1v) is 9.40. The summed E-state index contributed by atoms with van der Waals surface area (Å²) in [5.41, 5.74) is 0.542. The van der Waals surface area contributed by atoms with Crippen LogP contribution in [0.4, 0.5) is 4.39 Å². The first kappa shape index (κ1) is 19.5. The van der Waals surface area contributed by atoms with Crippen LogP contribution in [-0.2, 0) is 13.1 Å². The molecule has 0 saturated carbocycles. The van der Waals surface area contributed by atoms with Gasteiger partial charge in [0, 0.05) is 55.9 Å². The highest BCUT2D eigenvalue weighted by Gasteiger charge is 2.24. The quantitative estimate of drug-likeness (QED) is 0.784. The highest BCUT2D eigenvalue weighted by Crippen LogP contribution is 2.21. The number of piperazine rings is 1. The van der Waals surface area contributed by atoms with Crippen molar-refractivity contribution in [2.75, 3.05) is 26.2 Å². The molecular formula is C19H22ClFN4O2. The molecule has 1 aromatic carbocycles. The molecule has 0 radical (unpaired) electrons. The van der Waals surface area contributed by atoms with Crippen molar-refractivity contribution in [1.29, 1.82) is 0 Å². The fourth-order valence-corrected chi connectivity index (χ4v) is 3.34. The summed E-state index contributed by atoms with van der Waals surface area (Å²) in [5, 5.41) is 4.59. The molecule has 1 aliphatic heterocycles. The molecule has 2 heterocycles. The van der Waals surface area contributed by atoms with Crippen LogP contribution in [0.15, 0.2) is 35.1 Å². The Bertz CT molecular complexity index is 858. The van der Waals surface area contributed by atoms with Gasteiger partial charge in [0.05, 0.1) is 0 Å². The van der Waals surface area contributed by atoms with Crippen molar-refractivity contribution in [3.05, 3.63) is 62.8 Å². The summed E-state index contributed by atoms with van der Waals surface area (Å²) >= 11 is 6.09. The zero-order valence-electron chi connectivity index (χ0n) is 15.2. The predicted octanol–water partition coefficient (Wildman–Crippen LogP) is 2.40. The molecule has 6 nitrogen and oxygen atoms in total. The van der Waals surface area contributed by atoms with Crippen molar-refractivity contribution < 1.29 is 9.18 Å². The van der Waals surface area contributed by atoms with Crippen LogP contribution in [0, 0.1) is 5.82 Å². The van der Waals surface area contributed by atoms with E-state index in [0.717, 1.165) is 6.42 Å². The Kier molecular flexibility index (Phi) is 6.23. The number of amides is 1. The van der Waals surface area contributed by atoms with Gasteiger partial charge in [-0.1, -0.05) is 24.6 Å². The summed E-state index contributed by atoms with van der Waals surface area (Å²) in [6.07, 6.45) is 0.766. The van der Waals surface area contributed by atoms with Crippen LogP contribution in [0.1, 0.15) is 29.4 Å². The normalized spacial score (nSPS) is 15.1. The fourth-order valence-electron chi connectivity index (χ4n) is 3.11. The number of aryl methyl sites for hydroxylation is 1. The van der Waals surface area contributed by atoms with Gasteiger partial charge in [0.25, 0.3) is 11.5 Å². The Hall–Kier alpha value is -2.25. The van der Waals surface area contributed by atoms with Crippen molar-refractivity contribution >= 4 is 17.5 Å². The average molecular weight is 393 g/mol. The molecule has 0 unspecified atom stereocenters. The summed E-state index contributed by atoms with van der Waals surface area (Å²) < 4.78 is 15.3. The maximum absolute atomic E-state index is 14.0. The van der Waals surface area contributed by atoms with E-state index in [1.165, 1.54) is 22.9 Å². The molecule has 144 valence electrons. The maximum Gasteiger partial charge on any atom is 0.274 e. The second kappa shape index (κ2) is 8.63. The van der Waals surface area contributed by atoms with Gasteiger partial charge < -0.3 is 4.90 Å². The molecule has 0 N–H and O–H groups in total. The number of carbonyl (C=O) groups is 1. The van der Waals surface area contributed by atoms with E-state index in [1.54, 1.807) is 17.0 Å². The summed E-state index contributed by atoms with van der Waals surface area (Å²) in [7, 11) is 0. The Morgan fingerprint density at radius 3 is 2.59 bits per heavy atom. The minimum Gasteiger partial charge on any atom is -0.335 e. The first-order valence-electron chi connectivity index (χ1n) is 9.02. The van der Waals surface area contributed by atoms with E-state index in [-0.39, 0.29) is 23.0 Å². The molecule has 1 saturated heterocycles. The van der Waals surface area contributed by atoms with E-state index in [4.69, 9.17) is 11.6 Å². The smallest absolute Gasteiger partial charge is 0.274 e. The zero-order chi connectivity index (χ0) is 19.4. The molecule has 3 rings (SSSR count). The van der Waals surface area contributed by atoms with Crippen molar-refractivity contribution in [3.8, 4) is 0 Å². The van der Waals surface area contributed by atoms with Crippen LogP contribution in [0.25, 0.3) is 0 Å². The van der Waals surface area contributed by atoms with Gasteiger partial charge in [0.1, 0.15) is 11.5 Å². The van der Waals surface area contributed by atoms with Crippen LogP contribution >= 0.6 is 11.6 Å². The van der Waals surface area contributed by atoms with E-state index < -0.39 is 0 Å². The van der Waals surface area contributed by atoms with Crippen LogP contribution in [-0.4, -0.2) is 51.7 Å². The predicted molar refractivity (Wildman–Crippen MR) is 101 cm³/mol. The van der Waals surface area contributed by atoms with Gasteiger partial charge in [-0.05, 0) is 24.6 Å². The lowest BCUT2D eigenvalue weighted by Crippen LogP contribution is -2.48. The SMILES string of the molecule is CCCn1nc(C(=O)N2CCN(Cc3c(F)cccc3Cl)CC2)ccc1=O. The number of hydrogen-bond acceptors (Lipinski definition) is 4. The Balaban J connectivity index is 1.63. The number of rotatable bonds is 5. The minimum absolute atomic E-state index is 0.191. The van der Waals surface area contributed by atoms with Gasteiger partial charge in [0.15, 0.2) is 0 Å². The van der Waals surface area contributed by atoms with Gasteiger partial charge in [-0.15, -0.1) is 0 Å². The van der Waals surface area contributed by atoms with E-state index in [0.29, 0.717) is 49.9 Å². The van der Waals surface area contributed by atoms with Crippen LogP contribution < -0.4 is 5.56 Å². The largest absolute Gasteiger partial charge is 0.335 e. The number of nitrogens with zero attached hydrogens (tertiary/aromatic N) is 4. The Labute approximate surface area is 162 Å². The van der Waals surface area contributed by atoms with Crippen molar-refractivity contribution in [3.63, 3.8) is 0 Å². The highest BCUT2D eigenvalue weighted by atomic mass is 35.5. The molecule has 8 heteroatoms. The zero-order valence-corrected chi connectivity index (χ0v) is 16.0.